The number of likely N-dealkylation sites (N-methyl/N-ethyl adjacent to an activating group) is 1. The number of hydrogen-bond donors (Lipinski definition) is 2. The van der Waals surface area contributed by atoms with Gasteiger partial charge in [-0.25, -0.2) is 0 Å². The van der Waals surface area contributed by atoms with E-state index in [1.165, 1.54) is 0 Å². The van der Waals surface area contributed by atoms with E-state index in [9.17, 15) is 4.79 Å². The minimum Gasteiger partial charge on any atom is -0.380 e. The fourth-order valence-corrected chi connectivity index (χ4v) is 1.68. The van der Waals surface area contributed by atoms with Crippen LogP contribution in [0.5, 0.6) is 0 Å². The molecule has 5 heteroatoms. The molecule has 0 heterocycles. The molecular weight excluding hydrogens is 218 g/mol. The predicted octanol–water partition coefficient (Wildman–Crippen LogP) is -0.0493. The molecule has 17 heavy (non-hydrogen) atoms. The SMILES string of the molecule is CCOCCN(C)C(CN)CC(=O)NC1CC1. The van der Waals surface area contributed by atoms with Crippen LogP contribution in [-0.4, -0.2) is 56.2 Å². The molecule has 5 nitrogen and oxygen atoms in total. The van der Waals surface area contributed by atoms with E-state index in [2.05, 4.69) is 10.2 Å². The van der Waals surface area contributed by atoms with E-state index in [1.807, 2.05) is 14.0 Å². The van der Waals surface area contributed by atoms with Gasteiger partial charge in [0, 0.05) is 38.2 Å². The highest BCUT2D eigenvalue weighted by Gasteiger charge is 2.25. The molecule has 0 aromatic heterocycles. The standard InChI is InChI=1S/C12H25N3O2/c1-3-17-7-6-15(2)11(9-13)8-12(16)14-10-4-5-10/h10-11H,3-9,13H2,1-2H3,(H,14,16). The molecule has 1 unspecified atom stereocenters. The summed E-state index contributed by atoms with van der Waals surface area (Å²) in [5.41, 5.74) is 5.71. The van der Waals surface area contributed by atoms with Crippen LogP contribution in [0.4, 0.5) is 0 Å². The first-order valence-electron chi connectivity index (χ1n) is 6.44. The summed E-state index contributed by atoms with van der Waals surface area (Å²) < 4.78 is 5.30. The molecule has 0 spiro atoms. The lowest BCUT2D eigenvalue weighted by molar-refractivity contribution is -0.122. The van der Waals surface area contributed by atoms with Crippen LogP contribution in [0.2, 0.25) is 0 Å². The van der Waals surface area contributed by atoms with Gasteiger partial charge in [-0.2, -0.15) is 0 Å². The Labute approximate surface area is 104 Å². The van der Waals surface area contributed by atoms with E-state index in [0.29, 0.717) is 25.6 Å². The maximum atomic E-state index is 11.7. The molecule has 1 rings (SSSR count). The van der Waals surface area contributed by atoms with Gasteiger partial charge >= 0.3 is 0 Å². The van der Waals surface area contributed by atoms with Crippen LogP contribution in [0.15, 0.2) is 0 Å². The first-order chi connectivity index (χ1) is 8.17. The third kappa shape index (κ3) is 6.00. The minimum absolute atomic E-state index is 0.106. The summed E-state index contributed by atoms with van der Waals surface area (Å²) in [6.07, 6.45) is 2.73. The second-order valence-electron chi connectivity index (χ2n) is 4.61. The molecular formula is C12H25N3O2. The fourth-order valence-electron chi connectivity index (χ4n) is 1.68. The van der Waals surface area contributed by atoms with E-state index >= 15 is 0 Å². The van der Waals surface area contributed by atoms with Gasteiger partial charge in [-0.05, 0) is 26.8 Å². The van der Waals surface area contributed by atoms with Gasteiger partial charge in [0.15, 0.2) is 0 Å². The van der Waals surface area contributed by atoms with E-state index in [0.717, 1.165) is 26.0 Å². The summed E-state index contributed by atoms with van der Waals surface area (Å²) in [6.45, 7) is 4.70. The largest absolute Gasteiger partial charge is 0.380 e. The number of carbonyl (C=O) groups excluding carboxylic acids is 1. The van der Waals surface area contributed by atoms with Crippen LogP contribution < -0.4 is 11.1 Å². The minimum atomic E-state index is 0.106. The summed E-state index contributed by atoms with van der Waals surface area (Å²) in [4.78, 5) is 13.8. The van der Waals surface area contributed by atoms with E-state index < -0.39 is 0 Å². The monoisotopic (exact) mass is 243 g/mol. The second-order valence-corrected chi connectivity index (χ2v) is 4.61. The van der Waals surface area contributed by atoms with E-state index in [1.54, 1.807) is 0 Å². The molecule has 0 aromatic rings. The number of ether oxygens (including phenoxy) is 1. The van der Waals surface area contributed by atoms with E-state index in [-0.39, 0.29) is 11.9 Å². The molecule has 100 valence electrons. The summed E-state index contributed by atoms with van der Waals surface area (Å²) >= 11 is 0. The maximum Gasteiger partial charge on any atom is 0.221 e. The number of hydrogen-bond acceptors (Lipinski definition) is 4. The Hall–Kier alpha value is -0.650. The quantitative estimate of drug-likeness (QED) is 0.557. The van der Waals surface area contributed by atoms with Crippen LogP contribution in [-0.2, 0) is 9.53 Å². The van der Waals surface area contributed by atoms with Gasteiger partial charge in [0.25, 0.3) is 0 Å². The molecule has 1 atom stereocenters. The molecule has 1 saturated carbocycles. The Morgan fingerprint density at radius 3 is 2.82 bits per heavy atom. The molecule has 3 N–H and O–H groups in total. The topological polar surface area (TPSA) is 67.6 Å². The van der Waals surface area contributed by atoms with Crippen molar-refractivity contribution in [3.05, 3.63) is 0 Å². The highest BCUT2D eigenvalue weighted by molar-refractivity contribution is 5.77. The maximum absolute atomic E-state index is 11.7. The van der Waals surface area contributed by atoms with Crippen molar-refractivity contribution in [1.29, 1.82) is 0 Å². The van der Waals surface area contributed by atoms with Crippen LogP contribution in [0.25, 0.3) is 0 Å². The van der Waals surface area contributed by atoms with Gasteiger partial charge < -0.3 is 15.8 Å². The Bertz CT molecular complexity index is 232. The first-order valence-corrected chi connectivity index (χ1v) is 6.44. The lowest BCUT2D eigenvalue weighted by Crippen LogP contribution is -2.43. The Morgan fingerprint density at radius 2 is 2.29 bits per heavy atom. The van der Waals surface area contributed by atoms with Gasteiger partial charge in [-0.1, -0.05) is 0 Å². The zero-order valence-electron chi connectivity index (χ0n) is 10.9. The highest BCUT2D eigenvalue weighted by atomic mass is 16.5. The molecule has 1 aliphatic carbocycles. The number of nitrogens with two attached hydrogens (primary N) is 1. The lowest BCUT2D eigenvalue weighted by atomic mass is 10.1. The van der Waals surface area contributed by atoms with Crippen LogP contribution in [0.1, 0.15) is 26.2 Å². The molecule has 0 saturated heterocycles. The Balaban J connectivity index is 2.22. The van der Waals surface area contributed by atoms with Gasteiger partial charge in [0.2, 0.25) is 5.91 Å². The summed E-state index contributed by atoms with van der Waals surface area (Å²) in [6, 6.07) is 0.531. The number of carbonyl (C=O) groups is 1. The predicted molar refractivity (Wildman–Crippen MR) is 67.7 cm³/mol. The van der Waals surface area contributed by atoms with Crippen LogP contribution in [0, 0.1) is 0 Å². The normalized spacial score (nSPS) is 17.2. The third-order valence-corrected chi connectivity index (χ3v) is 3.05. The van der Waals surface area contributed by atoms with Gasteiger partial charge in [0.05, 0.1) is 6.61 Å². The number of nitrogens with one attached hydrogen (secondary N) is 1. The van der Waals surface area contributed by atoms with Crippen molar-refractivity contribution in [3.8, 4) is 0 Å². The van der Waals surface area contributed by atoms with Gasteiger partial charge in [-0.15, -0.1) is 0 Å². The number of rotatable bonds is 9. The molecule has 1 aliphatic rings. The summed E-state index contributed by atoms with van der Waals surface area (Å²) in [5, 5.41) is 2.99. The van der Waals surface area contributed by atoms with Crippen molar-refractivity contribution in [1.82, 2.24) is 10.2 Å². The lowest BCUT2D eigenvalue weighted by Gasteiger charge is -2.26. The molecule has 0 radical (unpaired) electrons. The summed E-state index contributed by atoms with van der Waals surface area (Å²) in [5.74, 6) is 0.117. The zero-order chi connectivity index (χ0) is 12.7. The van der Waals surface area contributed by atoms with Crippen molar-refractivity contribution in [3.63, 3.8) is 0 Å². The van der Waals surface area contributed by atoms with Gasteiger partial charge in [0.1, 0.15) is 0 Å². The average molecular weight is 243 g/mol. The Morgan fingerprint density at radius 1 is 1.59 bits per heavy atom. The molecule has 0 aromatic carbocycles. The van der Waals surface area contributed by atoms with E-state index in [4.69, 9.17) is 10.5 Å². The second kappa shape index (κ2) is 7.63. The molecule has 0 aliphatic heterocycles. The Kier molecular flexibility index (Phi) is 6.47. The van der Waals surface area contributed by atoms with Crippen molar-refractivity contribution >= 4 is 5.91 Å². The van der Waals surface area contributed by atoms with Crippen LogP contribution >= 0.6 is 0 Å². The number of nitrogens with zero attached hydrogens (tertiary/aromatic N) is 1. The smallest absolute Gasteiger partial charge is 0.221 e. The fraction of sp³-hybridized carbons (Fsp3) is 0.917. The van der Waals surface area contributed by atoms with Gasteiger partial charge in [-0.3, -0.25) is 9.69 Å². The zero-order valence-corrected chi connectivity index (χ0v) is 10.9. The summed E-state index contributed by atoms with van der Waals surface area (Å²) in [7, 11) is 1.99. The van der Waals surface area contributed by atoms with Crippen molar-refractivity contribution in [2.75, 3.05) is 33.4 Å². The van der Waals surface area contributed by atoms with Crippen molar-refractivity contribution in [2.45, 2.75) is 38.3 Å². The van der Waals surface area contributed by atoms with Crippen LogP contribution in [0.3, 0.4) is 0 Å². The molecule has 1 amide bonds. The molecule has 1 fully saturated rings. The molecule has 0 bridgehead atoms. The third-order valence-electron chi connectivity index (χ3n) is 3.05. The van der Waals surface area contributed by atoms with Crippen molar-refractivity contribution in [2.24, 2.45) is 5.73 Å². The highest BCUT2D eigenvalue weighted by Crippen LogP contribution is 2.18. The van der Waals surface area contributed by atoms with Crippen molar-refractivity contribution < 1.29 is 9.53 Å². The average Bonchev–Trinajstić information content (AvgIpc) is 3.09. The number of amides is 1. The first kappa shape index (κ1) is 14.4.